The van der Waals surface area contributed by atoms with E-state index in [1.165, 1.54) is 0 Å². The lowest BCUT2D eigenvalue weighted by atomic mass is 10.1. The van der Waals surface area contributed by atoms with Crippen molar-refractivity contribution < 1.29 is 4.79 Å². The van der Waals surface area contributed by atoms with Crippen molar-refractivity contribution in [3.63, 3.8) is 0 Å². The third-order valence-corrected chi connectivity index (χ3v) is 6.10. The van der Waals surface area contributed by atoms with Crippen LogP contribution in [0.4, 0.5) is 5.69 Å². The Morgan fingerprint density at radius 1 is 0.719 bits per heavy atom. The zero-order valence-electron chi connectivity index (χ0n) is 16.6. The predicted octanol–water partition coefficient (Wildman–Crippen LogP) is 5.74. The van der Waals surface area contributed by atoms with E-state index in [9.17, 15) is 4.79 Å². The molecule has 3 aromatic carbocycles. The summed E-state index contributed by atoms with van der Waals surface area (Å²) in [7, 11) is 0. The highest BCUT2D eigenvalue weighted by Gasteiger charge is 2.15. The summed E-state index contributed by atoms with van der Waals surface area (Å²) in [6, 6.07) is 20.9. The largest absolute Gasteiger partial charge is 0.322 e. The maximum Gasteiger partial charge on any atom is 0.255 e. The van der Waals surface area contributed by atoms with Gasteiger partial charge < -0.3 is 5.32 Å². The summed E-state index contributed by atoms with van der Waals surface area (Å²) in [6.07, 6.45) is 3.51. The summed E-state index contributed by atoms with van der Waals surface area (Å²) in [4.78, 5) is 31.7. The molecule has 0 fully saturated rings. The topological polar surface area (TPSA) is 80.7 Å². The number of aromatic nitrogens is 4. The van der Waals surface area contributed by atoms with Gasteiger partial charge in [-0.15, -0.1) is 0 Å². The smallest absolute Gasteiger partial charge is 0.255 e. The standard InChI is InChI=1S/C25H14IN5O/c26-15-6-8-16(9-7-15)29-25(32)14-5-10-19-20(13-14)31-24-22-18(4-2-12-28-22)17-3-1-11-27-21(17)23(24)30-19/h1-13H,(H,29,32). The summed E-state index contributed by atoms with van der Waals surface area (Å²) in [5.41, 5.74) is 5.53. The minimum atomic E-state index is -0.196. The predicted molar refractivity (Wildman–Crippen MR) is 135 cm³/mol. The highest BCUT2D eigenvalue weighted by atomic mass is 127. The monoisotopic (exact) mass is 527 g/mol. The molecular formula is C25H14IN5O. The van der Waals surface area contributed by atoms with Crippen LogP contribution in [0.15, 0.2) is 79.1 Å². The first-order valence-electron chi connectivity index (χ1n) is 9.97. The lowest BCUT2D eigenvalue weighted by Crippen LogP contribution is -2.11. The number of amides is 1. The molecule has 0 spiro atoms. The highest BCUT2D eigenvalue weighted by Crippen LogP contribution is 2.31. The van der Waals surface area contributed by atoms with Gasteiger partial charge in [0.2, 0.25) is 0 Å². The number of nitrogens with zero attached hydrogens (tertiary/aromatic N) is 4. The van der Waals surface area contributed by atoms with E-state index in [-0.39, 0.29) is 5.91 Å². The number of nitrogens with one attached hydrogen (secondary N) is 1. The number of anilines is 1. The molecule has 0 aliphatic heterocycles. The first-order chi connectivity index (χ1) is 15.7. The molecule has 32 heavy (non-hydrogen) atoms. The third-order valence-electron chi connectivity index (χ3n) is 5.38. The third kappa shape index (κ3) is 3.13. The Labute approximate surface area is 195 Å². The van der Waals surface area contributed by atoms with E-state index in [1.54, 1.807) is 24.5 Å². The minimum Gasteiger partial charge on any atom is -0.322 e. The van der Waals surface area contributed by atoms with Crippen LogP contribution in [-0.2, 0) is 0 Å². The number of fused-ring (bicyclic) bond motifs is 7. The van der Waals surface area contributed by atoms with Crippen LogP contribution in [-0.4, -0.2) is 25.8 Å². The fourth-order valence-corrected chi connectivity index (χ4v) is 4.24. The first kappa shape index (κ1) is 19.0. The van der Waals surface area contributed by atoms with E-state index in [1.807, 2.05) is 54.6 Å². The molecule has 6 aromatic rings. The van der Waals surface area contributed by atoms with Crippen molar-refractivity contribution in [3.8, 4) is 0 Å². The first-order valence-corrected chi connectivity index (χ1v) is 11.0. The normalized spacial score (nSPS) is 11.4. The minimum absolute atomic E-state index is 0.196. The molecule has 0 bridgehead atoms. The van der Waals surface area contributed by atoms with Gasteiger partial charge in [-0.25, -0.2) is 9.97 Å². The maximum absolute atomic E-state index is 12.8. The van der Waals surface area contributed by atoms with Gasteiger partial charge in [-0.2, -0.15) is 0 Å². The molecule has 152 valence electrons. The molecule has 0 atom stereocenters. The van der Waals surface area contributed by atoms with Gasteiger partial charge in [-0.1, -0.05) is 12.1 Å². The quantitative estimate of drug-likeness (QED) is 0.177. The molecule has 6 rings (SSSR count). The van der Waals surface area contributed by atoms with Crippen LogP contribution in [0.3, 0.4) is 0 Å². The summed E-state index contributed by atoms with van der Waals surface area (Å²) in [5.74, 6) is -0.196. The lowest BCUT2D eigenvalue weighted by molar-refractivity contribution is 0.102. The fourth-order valence-electron chi connectivity index (χ4n) is 3.88. The number of carbonyl (C=O) groups excluding carboxylic acids is 1. The molecular weight excluding hydrogens is 513 g/mol. The Kier molecular flexibility index (Phi) is 4.43. The Hall–Kier alpha value is -3.72. The number of hydrogen-bond acceptors (Lipinski definition) is 5. The highest BCUT2D eigenvalue weighted by molar-refractivity contribution is 14.1. The van der Waals surface area contributed by atoms with E-state index in [2.05, 4.69) is 37.9 Å². The second-order valence-electron chi connectivity index (χ2n) is 7.38. The van der Waals surface area contributed by atoms with Gasteiger partial charge in [0.25, 0.3) is 5.91 Å². The SMILES string of the molecule is O=C(Nc1ccc(I)cc1)c1ccc2nc3c4ncccc4c4cccnc4c3nc2c1. The maximum atomic E-state index is 12.8. The Morgan fingerprint density at radius 3 is 2.00 bits per heavy atom. The average Bonchev–Trinajstić information content (AvgIpc) is 2.84. The van der Waals surface area contributed by atoms with Crippen molar-refractivity contribution in [1.29, 1.82) is 0 Å². The van der Waals surface area contributed by atoms with Gasteiger partial charge in [-0.05, 0) is 77.2 Å². The van der Waals surface area contributed by atoms with Gasteiger partial charge in [-0.3, -0.25) is 14.8 Å². The number of rotatable bonds is 2. The van der Waals surface area contributed by atoms with Gasteiger partial charge in [0, 0.05) is 38.0 Å². The van der Waals surface area contributed by atoms with Crippen LogP contribution in [0, 0.1) is 3.57 Å². The molecule has 1 amide bonds. The number of benzene rings is 3. The van der Waals surface area contributed by atoms with Gasteiger partial charge >= 0.3 is 0 Å². The van der Waals surface area contributed by atoms with Crippen molar-refractivity contribution in [3.05, 3.63) is 88.3 Å². The van der Waals surface area contributed by atoms with Crippen molar-refractivity contribution in [2.75, 3.05) is 5.32 Å². The molecule has 0 aliphatic rings. The van der Waals surface area contributed by atoms with E-state index in [4.69, 9.17) is 9.97 Å². The number of hydrogen-bond donors (Lipinski definition) is 1. The van der Waals surface area contributed by atoms with Crippen molar-refractivity contribution in [2.45, 2.75) is 0 Å². The van der Waals surface area contributed by atoms with Gasteiger partial charge in [0.15, 0.2) is 0 Å². The van der Waals surface area contributed by atoms with Crippen LogP contribution in [0.25, 0.3) is 43.9 Å². The van der Waals surface area contributed by atoms with E-state index >= 15 is 0 Å². The van der Waals surface area contributed by atoms with E-state index in [0.717, 1.165) is 31.1 Å². The molecule has 0 radical (unpaired) electrons. The second-order valence-corrected chi connectivity index (χ2v) is 8.63. The lowest BCUT2D eigenvalue weighted by Gasteiger charge is -2.09. The summed E-state index contributed by atoms with van der Waals surface area (Å²) < 4.78 is 1.11. The molecule has 0 saturated carbocycles. The van der Waals surface area contributed by atoms with Crippen LogP contribution in [0.2, 0.25) is 0 Å². The molecule has 0 unspecified atom stereocenters. The van der Waals surface area contributed by atoms with E-state index in [0.29, 0.717) is 27.6 Å². The number of halogens is 1. The zero-order valence-corrected chi connectivity index (χ0v) is 18.7. The molecule has 7 heteroatoms. The summed E-state index contributed by atoms with van der Waals surface area (Å²) >= 11 is 2.23. The van der Waals surface area contributed by atoms with Gasteiger partial charge in [0.05, 0.1) is 22.1 Å². The molecule has 6 nitrogen and oxygen atoms in total. The average molecular weight is 527 g/mol. The fraction of sp³-hybridized carbons (Fsp3) is 0. The molecule has 3 aromatic heterocycles. The second kappa shape index (κ2) is 7.45. The van der Waals surface area contributed by atoms with Crippen molar-refractivity contribution >= 4 is 78.1 Å². The van der Waals surface area contributed by atoms with Crippen molar-refractivity contribution in [1.82, 2.24) is 19.9 Å². The Bertz CT molecular complexity index is 1680. The molecule has 0 saturated heterocycles. The molecule has 3 heterocycles. The van der Waals surface area contributed by atoms with Gasteiger partial charge in [0.1, 0.15) is 11.0 Å². The van der Waals surface area contributed by atoms with E-state index < -0.39 is 0 Å². The van der Waals surface area contributed by atoms with Crippen LogP contribution in [0.1, 0.15) is 10.4 Å². The van der Waals surface area contributed by atoms with Crippen LogP contribution >= 0.6 is 22.6 Å². The molecule has 0 aliphatic carbocycles. The van der Waals surface area contributed by atoms with Crippen molar-refractivity contribution in [2.24, 2.45) is 0 Å². The van der Waals surface area contributed by atoms with Crippen LogP contribution in [0.5, 0.6) is 0 Å². The Balaban J connectivity index is 1.53. The van der Waals surface area contributed by atoms with Crippen LogP contribution < -0.4 is 5.32 Å². The molecule has 1 N–H and O–H groups in total. The number of carbonyl (C=O) groups is 1. The summed E-state index contributed by atoms with van der Waals surface area (Å²) in [5, 5.41) is 4.90. The summed E-state index contributed by atoms with van der Waals surface area (Å²) in [6.45, 7) is 0. The number of pyridine rings is 2. The zero-order chi connectivity index (χ0) is 21.7. The Morgan fingerprint density at radius 2 is 1.34 bits per heavy atom.